The minimum absolute atomic E-state index is 0.262. The summed E-state index contributed by atoms with van der Waals surface area (Å²) in [5.74, 6) is -0.528. The molecule has 0 saturated carbocycles. The van der Waals surface area contributed by atoms with Crippen molar-refractivity contribution in [2.75, 3.05) is 11.9 Å². The predicted octanol–water partition coefficient (Wildman–Crippen LogP) is 2.58. The molecule has 0 spiro atoms. The number of amides is 1. The molecule has 19 heavy (non-hydrogen) atoms. The highest BCUT2D eigenvalue weighted by Crippen LogP contribution is 2.39. The van der Waals surface area contributed by atoms with E-state index in [4.69, 9.17) is 5.73 Å². The molecule has 3 nitrogen and oxygen atoms in total. The molecule has 3 heteroatoms. The fraction of sp³-hybridized carbons (Fsp3) is 0.188. The van der Waals surface area contributed by atoms with Crippen molar-refractivity contribution >= 4 is 17.3 Å². The highest BCUT2D eigenvalue weighted by Gasteiger charge is 2.27. The first-order valence-electron chi connectivity index (χ1n) is 6.38. The number of nitrogens with two attached hydrogens (primary N) is 1. The Bertz CT molecular complexity index is 636. The minimum atomic E-state index is -0.266. The number of benzene rings is 2. The number of carbonyl (C=O) groups excluding carboxylic acids is 1. The van der Waals surface area contributed by atoms with Crippen LogP contribution in [0.15, 0.2) is 48.5 Å². The molecule has 96 valence electrons. The molecule has 0 bridgehead atoms. The zero-order valence-corrected chi connectivity index (χ0v) is 10.8. The van der Waals surface area contributed by atoms with Crippen LogP contribution in [0.3, 0.4) is 0 Å². The van der Waals surface area contributed by atoms with E-state index in [0.717, 1.165) is 22.5 Å². The first-order chi connectivity index (χ1) is 9.18. The maximum absolute atomic E-state index is 11.8. The quantitative estimate of drug-likeness (QED) is 0.848. The van der Waals surface area contributed by atoms with Gasteiger partial charge in [0.25, 0.3) is 0 Å². The minimum Gasteiger partial charge on any atom is -0.369 e. The number of rotatable bonds is 1. The third-order valence-corrected chi connectivity index (χ3v) is 3.79. The lowest BCUT2D eigenvalue weighted by Crippen LogP contribution is -2.23. The van der Waals surface area contributed by atoms with Gasteiger partial charge in [-0.15, -0.1) is 0 Å². The zero-order valence-electron chi connectivity index (χ0n) is 10.8. The van der Waals surface area contributed by atoms with Crippen LogP contribution >= 0.6 is 0 Å². The average Bonchev–Trinajstić information content (AvgIpc) is 2.56. The van der Waals surface area contributed by atoms with Gasteiger partial charge in [0, 0.05) is 18.4 Å². The zero-order chi connectivity index (χ0) is 13.4. The summed E-state index contributed by atoms with van der Waals surface area (Å²) in [6.45, 7) is 0. The second-order valence-corrected chi connectivity index (χ2v) is 4.91. The second-order valence-electron chi connectivity index (χ2n) is 4.91. The summed E-state index contributed by atoms with van der Waals surface area (Å²) in [6.07, 6.45) is 0.660. The van der Waals surface area contributed by atoms with Crippen molar-refractivity contribution < 1.29 is 4.79 Å². The Balaban J connectivity index is 2.24. The summed E-state index contributed by atoms with van der Waals surface area (Å²) in [4.78, 5) is 13.9. The van der Waals surface area contributed by atoms with E-state index in [-0.39, 0.29) is 11.8 Å². The Morgan fingerprint density at radius 2 is 1.74 bits per heavy atom. The molecule has 1 amide bonds. The maximum atomic E-state index is 11.8. The molecule has 0 unspecified atom stereocenters. The molecule has 0 saturated heterocycles. The topological polar surface area (TPSA) is 46.3 Å². The van der Waals surface area contributed by atoms with Crippen molar-refractivity contribution in [1.29, 1.82) is 0 Å². The van der Waals surface area contributed by atoms with Gasteiger partial charge >= 0.3 is 0 Å². The van der Waals surface area contributed by atoms with E-state index < -0.39 is 0 Å². The van der Waals surface area contributed by atoms with E-state index in [0.29, 0.717) is 6.42 Å². The molecule has 2 aromatic carbocycles. The number of hydrogen-bond acceptors (Lipinski definition) is 2. The molecule has 0 fully saturated rings. The Morgan fingerprint density at radius 3 is 2.47 bits per heavy atom. The summed E-state index contributed by atoms with van der Waals surface area (Å²) in [5.41, 5.74) is 9.95. The fourth-order valence-electron chi connectivity index (χ4n) is 2.81. The van der Waals surface area contributed by atoms with Crippen LogP contribution in [0.2, 0.25) is 0 Å². The summed E-state index contributed by atoms with van der Waals surface area (Å²) in [6, 6.07) is 16.1. The first kappa shape index (κ1) is 11.8. The van der Waals surface area contributed by atoms with E-state index in [1.165, 1.54) is 0 Å². The molecule has 1 aliphatic heterocycles. The standard InChI is InChI=1S/C16H16N2O/c1-18-14-8-4-2-6-11(14)10-13(16(17)19)12-7-3-5-9-15(12)18/h2-9,13H,10H2,1H3,(H2,17,19)/t13-/m1/s1. The summed E-state index contributed by atoms with van der Waals surface area (Å²) in [7, 11) is 2.03. The smallest absolute Gasteiger partial charge is 0.225 e. The van der Waals surface area contributed by atoms with Crippen LogP contribution < -0.4 is 10.6 Å². The Kier molecular flexibility index (Phi) is 2.75. The lowest BCUT2D eigenvalue weighted by molar-refractivity contribution is -0.119. The predicted molar refractivity (Wildman–Crippen MR) is 76.6 cm³/mol. The van der Waals surface area contributed by atoms with E-state index in [1.807, 2.05) is 43.4 Å². The Hall–Kier alpha value is -2.29. The molecular formula is C16H16N2O. The van der Waals surface area contributed by atoms with Gasteiger partial charge in [0.1, 0.15) is 0 Å². The van der Waals surface area contributed by atoms with E-state index in [2.05, 4.69) is 17.0 Å². The van der Waals surface area contributed by atoms with Crippen LogP contribution in [-0.4, -0.2) is 13.0 Å². The van der Waals surface area contributed by atoms with Crippen molar-refractivity contribution in [1.82, 2.24) is 0 Å². The van der Waals surface area contributed by atoms with Gasteiger partial charge in [-0.25, -0.2) is 0 Å². The van der Waals surface area contributed by atoms with Gasteiger partial charge in [-0.1, -0.05) is 36.4 Å². The summed E-state index contributed by atoms with van der Waals surface area (Å²) < 4.78 is 0. The summed E-state index contributed by atoms with van der Waals surface area (Å²) in [5, 5.41) is 0. The van der Waals surface area contributed by atoms with Gasteiger partial charge in [-0.05, 0) is 29.7 Å². The number of para-hydroxylation sites is 2. The molecular weight excluding hydrogens is 236 g/mol. The van der Waals surface area contributed by atoms with Crippen molar-refractivity contribution in [3.8, 4) is 0 Å². The monoisotopic (exact) mass is 252 g/mol. The molecule has 0 radical (unpaired) electrons. The first-order valence-corrected chi connectivity index (χ1v) is 6.38. The largest absolute Gasteiger partial charge is 0.369 e. The molecule has 0 aliphatic carbocycles. The Labute approximate surface area is 112 Å². The number of nitrogens with zero attached hydrogens (tertiary/aromatic N) is 1. The van der Waals surface area contributed by atoms with Crippen LogP contribution in [0.5, 0.6) is 0 Å². The van der Waals surface area contributed by atoms with Crippen molar-refractivity contribution in [2.24, 2.45) is 5.73 Å². The second kappa shape index (κ2) is 4.43. The van der Waals surface area contributed by atoms with E-state index in [9.17, 15) is 4.79 Å². The van der Waals surface area contributed by atoms with Crippen molar-refractivity contribution in [2.45, 2.75) is 12.3 Å². The van der Waals surface area contributed by atoms with Crippen molar-refractivity contribution in [3.05, 3.63) is 59.7 Å². The molecule has 1 atom stereocenters. The lowest BCUT2D eigenvalue weighted by atomic mass is 9.91. The molecule has 3 rings (SSSR count). The van der Waals surface area contributed by atoms with Gasteiger partial charge in [-0.2, -0.15) is 0 Å². The molecule has 2 aromatic rings. The van der Waals surface area contributed by atoms with Crippen molar-refractivity contribution in [3.63, 3.8) is 0 Å². The van der Waals surface area contributed by atoms with E-state index in [1.54, 1.807) is 0 Å². The number of hydrogen-bond donors (Lipinski definition) is 1. The summed E-state index contributed by atoms with van der Waals surface area (Å²) >= 11 is 0. The van der Waals surface area contributed by atoms with E-state index >= 15 is 0 Å². The van der Waals surface area contributed by atoms with Crippen LogP contribution in [0, 0.1) is 0 Å². The maximum Gasteiger partial charge on any atom is 0.225 e. The number of carbonyl (C=O) groups is 1. The Morgan fingerprint density at radius 1 is 1.11 bits per heavy atom. The van der Waals surface area contributed by atoms with Gasteiger partial charge in [0.05, 0.1) is 5.92 Å². The number of primary amides is 1. The third kappa shape index (κ3) is 1.87. The van der Waals surface area contributed by atoms with Crippen LogP contribution in [0.1, 0.15) is 17.0 Å². The van der Waals surface area contributed by atoms with Crippen LogP contribution in [0.25, 0.3) is 0 Å². The number of fused-ring (bicyclic) bond motifs is 2. The molecule has 1 aliphatic rings. The SMILES string of the molecule is CN1c2ccccc2C[C@@H](C(N)=O)c2ccccc21. The highest BCUT2D eigenvalue weighted by atomic mass is 16.1. The lowest BCUT2D eigenvalue weighted by Gasteiger charge is -2.22. The molecule has 0 aromatic heterocycles. The van der Waals surface area contributed by atoms with Crippen LogP contribution in [-0.2, 0) is 11.2 Å². The van der Waals surface area contributed by atoms with Gasteiger partial charge < -0.3 is 10.6 Å². The highest BCUT2D eigenvalue weighted by molar-refractivity contribution is 5.87. The van der Waals surface area contributed by atoms with Gasteiger partial charge in [-0.3, -0.25) is 4.79 Å². The molecule has 2 N–H and O–H groups in total. The average molecular weight is 252 g/mol. The fourth-order valence-corrected chi connectivity index (χ4v) is 2.81. The third-order valence-electron chi connectivity index (χ3n) is 3.79. The normalized spacial score (nSPS) is 17.3. The van der Waals surface area contributed by atoms with Crippen LogP contribution in [0.4, 0.5) is 11.4 Å². The number of anilines is 2. The van der Waals surface area contributed by atoms with Gasteiger partial charge in [0.15, 0.2) is 0 Å². The molecule has 1 heterocycles. The van der Waals surface area contributed by atoms with Gasteiger partial charge in [0.2, 0.25) is 5.91 Å².